The number of unbranched alkanes of at least 4 members (excludes halogenated alkanes) is 7. The van der Waals surface area contributed by atoms with E-state index in [1.807, 2.05) is 0 Å². The van der Waals surface area contributed by atoms with Gasteiger partial charge in [-0.3, -0.25) is 0 Å². The topological polar surface area (TPSA) is 43.3 Å². The third-order valence-corrected chi connectivity index (χ3v) is 6.12. The molecule has 1 N–H and O–H groups in total. The zero-order chi connectivity index (χ0) is 13.9. The molecule has 1 rings (SSSR count). The fraction of sp³-hybridized carbons (Fsp3) is 1.00. The second kappa shape index (κ2) is 11.0. The molecule has 3 atom stereocenters. The first-order chi connectivity index (χ1) is 9.25. The normalized spacial score (nSPS) is 25.4. The van der Waals surface area contributed by atoms with Crippen molar-refractivity contribution in [1.82, 2.24) is 0 Å². The summed E-state index contributed by atoms with van der Waals surface area (Å²) in [6.07, 6.45) is 14.1. The van der Waals surface area contributed by atoms with Gasteiger partial charge in [0.1, 0.15) is 17.1 Å². The van der Waals surface area contributed by atoms with E-state index >= 15 is 0 Å². The second-order valence-corrected chi connectivity index (χ2v) is 7.73. The third-order valence-electron chi connectivity index (χ3n) is 4.20. The van der Waals surface area contributed by atoms with Gasteiger partial charge in [0, 0.05) is 0 Å². The summed E-state index contributed by atoms with van der Waals surface area (Å²) in [5.41, 5.74) is 0. The van der Waals surface area contributed by atoms with E-state index in [2.05, 4.69) is 6.92 Å². The maximum Gasteiger partial charge on any atom is 0.141 e. The summed E-state index contributed by atoms with van der Waals surface area (Å²) in [5.74, 6) is 0.802. The minimum absolute atomic E-state index is 0.0679. The van der Waals surface area contributed by atoms with Crippen LogP contribution in [-0.4, -0.2) is 26.8 Å². The SMILES string of the molecule is CCCCCCCCCC[S@@+]([O-])[C@H]1CCCC[C@@H]1O. The maximum atomic E-state index is 12.1. The van der Waals surface area contributed by atoms with Crippen molar-refractivity contribution >= 4 is 11.2 Å². The highest BCUT2D eigenvalue weighted by molar-refractivity contribution is 7.92. The molecule has 0 aromatic heterocycles. The quantitative estimate of drug-likeness (QED) is 0.484. The number of aliphatic hydroxyl groups is 1. The van der Waals surface area contributed by atoms with Crippen LogP contribution in [0.5, 0.6) is 0 Å². The molecule has 114 valence electrons. The monoisotopic (exact) mass is 288 g/mol. The van der Waals surface area contributed by atoms with Crippen molar-refractivity contribution in [2.45, 2.75) is 95.3 Å². The van der Waals surface area contributed by atoms with Gasteiger partial charge in [-0.25, -0.2) is 0 Å². The van der Waals surface area contributed by atoms with Crippen LogP contribution in [0, 0.1) is 0 Å². The molecule has 1 aliphatic carbocycles. The van der Waals surface area contributed by atoms with Crippen molar-refractivity contribution in [2.75, 3.05) is 5.75 Å². The zero-order valence-electron chi connectivity index (χ0n) is 12.6. The first kappa shape index (κ1) is 17.3. The molecular formula is C16H32O2S. The standard InChI is InChI=1S/C16H32O2S/c1-2-3-4-5-6-7-8-11-14-19(18)16-13-10-9-12-15(16)17/h15-17H,2-14H2,1H3/t15-,16-,19+/m0/s1. The molecule has 0 aliphatic heterocycles. The van der Waals surface area contributed by atoms with Crippen LogP contribution in [0.3, 0.4) is 0 Å². The molecule has 0 spiro atoms. The summed E-state index contributed by atoms with van der Waals surface area (Å²) >= 11 is -0.797. The predicted molar refractivity (Wildman–Crippen MR) is 83.9 cm³/mol. The highest BCUT2D eigenvalue weighted by Crippen LogP contribution is 2.25. The average Bonchev–Trinajstić information content (AvgIpc) is 2.42. The molecule has 1 fully saturated rings. The molecular weight excluding hydrogens is 256 g/mol. The van der Waals surface area contributed by atoms with E-state index < -0.39 is 11.2 Å². The van der Waals surface area contributed by atoms with Crippen molar-refractivity contribution in [1.29, 1.82) is 0 Å². The molecule has 0 heterocycles. The van der Waals surface area contributed by atoms with Gasteiger partial charge in [-0.1, -0.05) is 51.9 Å². The number of aliphatic hydroxyl groups excluding tert-OH is 1. The largest absolute Gasteiger partial charge is 0.616 e. The Morgan fingerprint density at radius 3 is 2.16 bits per heavy atom. The highest BCUT2D eigenvalue weighted by atomic mass is 32.2. The van der Waals surface area contributed by atoms with Crippen LogP contribution in [0.25, 0.3) is 0 Å². The van der Waals surface area contributed by atoms with Crippen molar-refractivity contribution in [3.63, 3.8) is 0 Å². The molecule has 0 radical (unpaired) electrons. The Kier molecular flexibility index (Phi) is 10.0. The van der Waals surface area contributed by atoms with Crippen molar-refractivity contribution in [3.05, 3.63) is 0 Å². The molecule has 0 amide bonds. The molecule has 0 unspecified atom stereocenters. The van der Waals surface area contributed by atoms with Gasteiger partial charge in [0.2, 0.25) is 0 Å². The molecule has 0 saturated heterocycles. The zero-order valence-corrected chi connectivity index (χ0v) is 13.4. The predicted octanol–water partition coefficient (Wildman–Crippen LogP) is 4.18. The fourth-order valence-corrected chi connectivity index (χ4v) is 4.62. The number of hydrogen-bond acceptors (Lipinski definition) is 2. The number of rotatable bonds is 10. The second-order valence-electron chi connectivity index (χ2n) is 5.95. The summed E-state index contributed by atoms with van der Waals surface area (Å²) in [6, 6.07) is 0. The Morgan fingerprint density at radius 1 is 0.947 bits per heavy atom. The molecule has 1 saturated carbocycles. The Labute approximate surface area is 122 Å². The average molecular weight is 288 g/mol. The van der Waals surface area contributed by atoms with E-state index in [-0.39, 0.29) is 11.4 Å². The molecule has 0 bridgehead atoms. The van der Waals surface area contributed by atoms with Gasteiger partial charge in [-0.2, -0.15) is 0 Å². The lowest BCUT2D eigenvalue weighted by Gasteiger charge is -2.29. The summed E-state index contributed by atoms with van der Waals surface area (Å²) in [6.45, 7) is 2.25. The van der Waals surface area contributed by atoms with Gasteiger partial charge in [0.05, 0.1) is 0 Å². The van der Waals surface area contributed by atoms with E-state index in [9.17, 15) is 9.66 Å². The minimum Gasteiger partial charge on any atom is -0.616 e. The first-order valence-corrected chi connectivity index (χ1v) is 9.69. The van der Waals surface area contributed by atoms with Crippen molar-refractivity contribution in [2.24, 2.45) is 0 Å². The van der Waals surface area contributed by atoms with Crippen molar-refractivity contribution in [3.8, 4) is 0 Å². The van der Waals surface area contributed by atoms with Gasteiger partial charge in [0.15, 0.2) is 0 Å². The lowest BCUT2D eigenvalue weighted by molar-refractivity contribution is 0.133. The Hall–Kier alpha value is 0.270. The maximum absolute atomic E-state index is 12.1. The molecule has 0 aromatic rings. The lowest BCUT2D eigenvalue weighted by atomic mass is 9.97. The van der Waals surface area contributed by atoms with Crippen LogP contribution < -0.4 is 0 Å². The van der Waals surface area contributed by atoms with Crippen molar-refractivity contribution < 1.29 is 9.66 Å². The fourth-order valence-electron chi connectivity index (χ4n) is 2.91. The third kappa shape index (κ3) is 7.57. The van der Waals surface area contributed by atoms with Crippen LogP contribution in [-0.2, 0) is 11.2 Å². The van der Waals surface area contributed by atoms with E-state index in [1.54, 1.807) is 0 Å². The van der Waals surface area contributed by atoms with E-state index in [0.717, 1.165) is 37.9 Å². The Morgan fingerprint density at radius 2 is 1.53 bits per heavy atom. The van der Waals surface area contributed by atoms with Crippen LogP contribution in [0.2, 0.25) is 0 Å². The Bertz CT molecular complexity index is 211. The molecule has 19 heavy (non-hydrogen) atoms. The molecule has 2 nitrogen and oxygen atoms in total. The van der Waals surface area contributed by atoms with Crippen LogP contribution >= 0.6 is 0 Å². The first-order valence-electron chi connectivity index (χ1n) is 8.31. The molecule has 3 heteroatoms. The van der Waals surface area contributed by atoms with E-state index in [0.29, 0.717) is 0 Å². The Balaban J connectivity index is 1.96. The van der Waals surface area contributed by atoms with Gasteiger partial charge in [0.25, 0.3) is 0 Å². The minimum atomic E-state index is -0.797. The van der Waals surface area contributed by atoms with E-state index in [4.69, 9.17) is 0 Å². The highest BCUT2D eigenvalue weighted by Gasteiger charge is 2.32. The van der Waals surface area contributed by atoms with Gasteiger partial charge < -0.3 is 9.66 Å². The lowest BCUT2D eigenvalue weighted by Crippen LogP contribution is -2.38. The molecule has 1 aliphatic rings. The summed E-state index contributed by atoms with van der Waals surface area (Å²) < 4.78 is 12.1. The van der Waals surface area contributed by atoms with Gasteiger partial charge in [-0.05, 0) is 43.3 Å². The summed E-state index contributed by atoms with van der Waals surface area (Å²) in [4.78, 5) is 0. The van der Waals surface area contributed by atoms with Crippen LogP contribution in [0.1, 0.15) is 84.0 Å². The van der Waals surface area contributed by atoms with Crippen LogP contribution in [0.15, 0.2) is 0 Å². The summed E-state index contributed by atoms with van der Waals surface area (Å²) in [7, 11) is 0. The van der Waals surface area contributed by atoms with Gasteiger partial charge in [-0.15, -0.1) is 0 Å². The van der Waals surface area contributed by atoms with Gasteiger partial charge >= 0.3 is 0 Å². The van der Waals surface area contributed by atoms with Crippen LogP contribution in [0.4, 0.5) is 0 Å². The number of hydrogen-bond donors (Lipinski definition) is 1. The molecule has 0 aromatic carbocycles. The smallest absolute Gasteiger partial charge is 0.141 e. The summed E-state index contributed by atoms with van der Waals surface area (Å²) in [5, 5.41) is 9.94. The van der Waals surface area contributed by atoms with E-state index in [1.165, 1.54) is 44.9 Å².